The predicted molar refractivity (Wildman–Crippen MR) is 116 cm³/mol. The first-order valence-corrected chi connectivity index (χ1v) is 10.4. The Morgan fingerprint density at radius 3 is 2.45 bits per heavy atom. The molecule has 160 valence electrons. The molecule has 0 atom stereocenters. The van der Waals surface area contributed by atoms with Gasteiger partial charge in [-0.25, -0.2) is 4.98 Å². The predicted octanol–water partition coefficient (Wildman–Crippen LogP) is 2.60. The molecule has 0 spiro atoms. The Morgan fingerprint density at radius 2 is 1.71 bits per heavy atom. The van der Waals surface area contributed by atoms with Crippen LogP contribution in [0.2, 0.25) is 0 Å². The average molecular weight is 420 g/mol. The van der Waals surface area contributed by atoms with Crippen LogP contribution in [0.3, 0.4) is 0 Å². The van der Waals surface area contributed by atoms with Gasteiger partial charge in [-0.1, -0.05) is 6.42 Å². The summed E-state index contributed by atoms with van der Waals surface area (Å²) < 4.78 is 7.09. The summed E-state index contributed by atoms with van der Waals surface area (Å²) in [5.74, 6) is 0.494. The van der Waals surface area contributed by atoms with Gasteiger partial charge in [0.1, 0.15) is 11.6 Å². The summed E-state index contributed by atoms with van der Waals surface area (Å²) in [6, 6.07) is 11.4. The molecule has 0 saturated carbocycles. The van der Waals surface area contributed by atoms with Gasteiger partial charge >= 0.3 is 0 Å². The zero-order chi connectivity index (χ0) is 21.8. The molecule has 0 radical (unpaired) electrons. The lowest BCUT2D eigenvalue weighted by Gasteiger charge is -2.11. The number of aromatic nitrogens is 2. The number of nitrogens with zero attached hydrogens (tertiary/aromatic N) is 2. The van der Waals surface area contributed by atoms with E-state index in [0.717, 1.165) is 31.5 Å². The fraction of sp³-hybridized carbons (Fsp3) is 0.304. The third-order valence-corrected chi connectivity index (χ3v) is 5.30. The lowest BCUT2D eigenvalue weighted by atomic mass is 10.1. The first-order chi connectivity index (χ1) is 15.1. The zero-order valence-electron chi connectivity index (χ0n) is 17.3. The second-order valence-electron chi connectivity index (χ2n) is 7.39. The Balaban J connectivity index is 1.48. The molecule has 3 aromatic rings. The third-order valence-electron chi connectivity index (χ3n) is 5.30. The maximum Gasteiger partial charge on any atom is 0.269 e. The normalized spacial score (nSPS) is 13.2. The lowest BCUT2D eigenvalue weighted by Crippen LogP contribution is -2.41. The molecule has 8 heteroatoms. The van der Waals surface area contributed by atoms with E-state index in [1.807, 2.05) is 6.92 Å². The van der Waals surface area contributed by atoms with E-state index in [1.165, 1.54) is 0 Å². The van der Waals surface area contributed by atoms with Gasteiger partial charge in [-0.15, -0.1) is 0 Å². The number of aryl methyl sites for hydroxylation is 1. The minimum atomic E-state index is -0.488. The molecule has 0 bridgehead atoms. The van der Waals surface area contributed by atoms with Crippen molar-refractivity contribution in [3.05, 3.63) is 69.8 Å². The fourth-order valence-corrected chi connectivity index (χ4v) is 3.69. The van der Waals surface area contributed by atoms with Crippen LogP contribution >= 0.6 is 0 Å². The number of fused-ring (bicyclic) bond motifs is 2. The summed E-state index contributed by atoms with van der Waals surface area (Å²) in [7, 11) is 0. The van der Waals surface area contributed by atoms with Crippen LogP contribution in [-0.2, 0) is 13.0 Å². The van der Waals surface area contributed by atoms with E-state index in [0.29, 0.717) is 40.9 Å². The van der Waals surface area contributed by atoms with Crippen molar-refractivity contribution in [3.63, 3.8) is 0 Å². The summed E-state index contributed by atoms with van der Waals surface area (Å²) in [4.78, 5) is 42.2. The van der Waals surface area contributed by atoms with Crippen molar-refractivity contribution in [2.24, 2.45) is 0 Å². The SMILES string of the molecule is CCOc1ccc(C(=O)NNC(=O)c2ccc3c(=O)n4c(nc3c2)CCCCC4)cc1. The Hall–Kier alpha value is -3.68. The van der Waals surface area contributed by atoms with Crippen LogP contribution in [0, 0.1) is 0 Å². The van der Waals surface area contributed by atoms with E-state index in [4.69, 9.17) is 4.74 Å². The molecule has 2 amide bonds. The van der Waals surface area contributed by atoms with Gasteiger partial charge in [-0.3, -0.25) is 29.8 Å². The molecule has 1 aliphatic rings. The van der Waals surface area contributed by atoms with Gasteiger partial charge in [0.2, 0.25) is 0 Å². The van der Waals surface area contributed by atoms with Gasteiger partial charge in [0, 0.05) is 24.1 Å². The number of carbonyl (C=O) groups is 2. The van der Waals surface area contributed by atoms with Crippen molar-refractivity contribution in [1.29, 1.82) is 0 Å². The second kappa shape index (κ2) is 8.99. The number of rotatable bonds is 4. The fourth-order valence-electron chi connectivity index (χ4n) is 3.69. The molecular formula is C23H24N4O4. The maximum absolute atomic E-state index is 12.8. The summed E-state index contributed by atoms with van der Waals surface area (Å²) in [6.45, 7) is 3.10. The number of ether oxygens (including phenoxy) is 1. The number of amides is 2. The van der Waals surface area contributed by atoms with E-state index in [2.05, 4.69) is 15.8 Å². The molecule has 0 aliphatic carbocycles. The van der Waals surface area contributed by atoms with E-state index < -0.39 is 11.8 Å². The molecule has 1 aliphatic heterocycles. The molecule has 0 saturated heterocycles. The highest BCUT2D eigenvalue weighted by Crippen LogP contribution is 2.16. The van der Waals surface area contributed by atoms with Gasteiger partial charge in [0.25, 0.3) is 17.4 Å². The highest BCUT2D eigenvalue weighted by atomic mass is 16.5. The smallest absolute Gasteiger partial charge is 0.269 e. The van der Waals surface area contributed by atoms with Crippen LogP contribution in [0.1, 0.15) is 52.7 Å². The lowest BCUT2D eigenvalue weighted by molar-refractivity contribution is 0.0846. The number of hydrazine groups is 1. The summed E-state index contributed by atoms with van der Waals surface area (Å²) in [5.41, 5.74) is 5.93. The van der Waals surface area contributed by atoms with E-state index in [1.54, 1.807) is 47.0 Å². The van der Waals surface area contributed by atoms with Crippen molar-refractivity contribution in [2.45, 2.75) is 39.2 Å². The van der Waals surface area contributed by atoms with Crippen molar-refractivity contribution in [3.8, 4) is 5.75 Å². The highest BCUT2D eigenvalue weighted by molar-refractivity contribution is 6.00. The Labute approximate surface area is 179 Å². The Bertz CT molecular complexity index is 1180. The van der Waals surface area contributed by atoms with Crippen LogP contribution in [0.15, 0.2) is 47.3 Å². The van der Waals surface area contributed by atoms with Crippen LogP contribution in [0.4, 0.5) is 0 Å². The van der Waals surface area contributed by atoms with Gasteiger partial charge in [-0.2, -0.15) is 0 Å². The molecule has 0 fully saturated rings. The number of hydrogen-bond donors (Lipinski definition) is 2. The number of hydrogen-bond acceptors (Lipinski definition) is 5. The van der Waals surface area contributed by atoms with Crippen molar-refractivity contribution in [2.75, 3.05) is 6.61 Å². The maximum atomic E-state index is 12.8. The molecular weight excluding hydrogens is 396 g/mol. The highest BCUT2D eigenvalue weighted by Gasteiger charge is 2.16. The topological polar surface area (TPSA) is 102 Å². The number of benzene rings is 2. The van der Waals surface area contributed by atoms with Crippen LogP contribution < -0.4 is 21.1 Å². The van der Waals surface area contributed by atoms with E-state index >= 15 is 0 Å². The average Bonchev–Trinajstić information content (AvgIpc) is 3.03. The molecule has 1 aromatic heterocycles. The quantitative estimate of drug-likeness (QED) is 0.632. The van der Waals surface area contributed by atoms with Gasteiger partial charge in [0.05, 0.1) is 17.5 Å². The Morgan fingerprint density at radius 1 is 1.00 bits per heavy atom. The molecule has 2 N–H and O–H groups in total. The molecule has 31 heavy (non-hydrogen) atoms. The summed E-state index contributed by atoms with van der Waals surface area (Å²) in [6.07, 6.45) is 3.78. The molecule has 2 heterocycles. The summed E-state index contributed by atoms with van der Waals surface area (Å²) >= 11 is 0. The van der Waals surface area contributed by atoms with Crippen molar-refractivity contribution >= 4 is 22.7 Å². The minimum Gasteiger partial charge on any atom is -0.494 e. The van der Waals surface area contributed by atoms with Crippen molar-refractivity contribution in [1.82, 2.24) is 20.4 Å². The summed E-state index contributed by atoms with van der Waals surface area (Å²) in [5, 5.41) is 0.487. The monoisotopic (exact) mass is 420 g/mol. The van der Waals surface area contributed by atoms with E-state index in [-0.39, 0.29) is 5.56 Å². The van der Waals surface area contributed by atoms with Gasteiger partial charge in [0.15, 0.2) is 0 Å². The van der Waals surface area contributed by atoms with Gasteiger partial charge in [-0.05, 0) is 62.2 Å². The van der Waals surface area contributed by atoms with Crippen LogP contribution in [0.5, 0.6) is 5.75 Å². The van der Waals surface area contributed by atoms with Crippen LogP contribution in [-0.4, -0.2) is 28.0 Å². The number of nitrogens with one attached hydrogen (secondary N) is 2. The number of carbonyl (C=O) groups excluding carboxylic acids is 2. The molecule has 4 rings (SSSR count). The van der Waals surface area contributed by atoms with E-state index in [9.17, 15) is 14.4 Å². The minimum absolute atomic E-state index is 0.0716. The second-order valence-corrected chi connectivity index (χ2v) is 7.39. The largest absolute Gasteiger partial charge is 0.494 e. The van der Waals surface area contributed by atoms with Crippen molar-refractivity contribution < 1.29 is 14.3 Å². The molecule has 0 unspecified atom stereocenters. The standard InChI is InChI=1S/C23H24N4O4/c1-2-31-17-10-7-15(8-11-17)21(28)25-26-22(29)16-9-12-18-19(14-16)24-20-6-4-3-5-13-27(20)23(18)30/h7-12,14H,2-6,13H2,1H3,(H,25,28)(H,26,29). The first-order valence-electron chi connectivity index (χ1n) is 10.4. The van der Waals surface area contributed by atoms with Crippen LogP contribution in [0.25, 0.3) is 10.9 Å². The molecule has 2 aromatic carbocycles. The van der Waals surface area contributed by atoms with Gasteiger partial charge < -0.3 is 4.74 Å². The molecule has 8 nitrogen and oxygen atoms in total. The Kier molecular flexibility index (Phi) is 5.97. The zero-order valence-corrected chi connectivity index (χ0v) is 17.3. The third kappa shape index (κ3) is 4.42. The first kappa shape index (κ1) is 20.6.